The zero-order chi connectivity index (χ0) is 9.72. The van der Waals surface area contributed by atoms with Crippen molar-refractivity contribution in [2.24, 2.45) is 16.8 Å². The van der Waals surface area contributed by atoms with Crippen molar-refractivity contribution < 1.29 is 0 Å². The molecule has 0 aromatic carbocycles. The number of hydrogen-bond acceptors (Lipinski definition) is 1. The molecule has 0 rings (SSSR count). The average Bonchev–Trinajstić information content (AvgIpc) is 1.98. The zero-order valence-corrected chi connectivity index (χ0v) is 9.02. The molecule has 0 aromatic rings. The minimum atomic E-state index is 0.539. The third kappa shape index (κ3) is 3.70. The molecule has 1 atom stereocenters. The largest absolute Gasteiger partial charge is 0.263 e. The van der Waals surface area contributed by atoms with Gasteiger partial charge in [-0.1, -0.05) is 34.3 Å². The van der Waals surface area contributed by atoms with E-state index in [9.17, 15) is 0 Å². The second-order valence-corrected chi connectivity index (χ2v) is 3.74. The Bertz CT molecular complexity index is 177. The third-order valence-corrected chi connectivity index (χ3v) is 2.03. The summed E-state index contributed by atoms with van der Waals surface area (Å²) < 4.78 is 0. The van der Waals surface area contributed by atoms with Crippen LogP contribution in [0.15, 0.2) is 17.3 Å². The summed E-state index contributed by atoms with van der Waals surface area (Å²) in [6.45, 7) is 14.6. The third-order valence-electron chi connectivity index (χ3n) is 2.03. The first-order chi connectivity index (χ1) is 5.49. The maximum absolute atomic E-state index is 4.47. The molecule has 0 aromatic heterocycles. The molecule has 0 amide bonds. The summed E-state index contributed by atoms with van der Waals surface area (Å²) >= 11 is 0. The van der Waals surface area contributed by atoms with Crippen molar-refractivity contribution >= 4 is 5.71 Å². The second-order valence-electron chi connectivity index (χ2n) is 3.74. The van der Waals surface area contributed by atoms with Gasteiger partial charge >= 0.3 is 0 Å². The standard InChI is InChI=1S/C11H21N/c1-7-10(6)11(8(2)3)12-9(4)5/h8,10H,4,7H2,1-3,5-6H3. The number of allylic oxidation sites excluding steroid dienone is 1. The van der Waals surface area contributed by atoms with Gasteiger partial charge < -0.3 is 0 Å². The lowest BCUT2D eigenvalue weighted by atomic mass is 9.93. The van der Waals surface area contributed by atoms with E-state index in [1.165, 1.54) is 5.71 Å². The van der Waals surface area contributed by atoms with Gasteiger partial charge in [-0.2, -0.15) is 0 Å². The van der Waals surface area contributed by atoms with E-state index in [1.807, 2.05) is 6.92 Å². The second kappa shape index (κ2) is 5.13. The van der Waals surface area contributed by atoms with E-state index in [0.29, 0.717) is 11.8 Å². The van der Waals surface area contributed by atoms with Gasteiger partial charge in [0.2, 0.25) is 0 Å². The molecule has 0 saturated heterocycles. The van der Waals surface area contributed by atoms with Crippen LogP contribution in [0, 0.1) is 11.8 Å². The van der Waals surface area contributed by atoms with Gasteiger partial charge in [0.05, 0.1) is 0 Å². The van der Waals surface area contributed by atoms with Crippen molar-refractivity contribution in [1.29, 1.82) is 0 Å². The van der Waals surface area contributed by atoms with E-state index in [2.05, 4.69) is 39.3 Å². The van der Waals surface area contributed by atoms with Crippen LogP contribution in [-0.4, -0.2) is 5.71 Å². The van der Waals surface area contributed by atoms with Crippen molar-refractivity contribution in [2.45, 2.75) is 41.0 Å². The molecule has 0 aliphatic heterocycles. The minimum Gasteiger partial charge on any atom is -0.263 e. The zero-order valence-electron chi connectivity index (χ0n) is 9.02. The number of rotatable bonds is 4. The Morgan fingerprint density at radius 2 is 1.83 bits per heavy atom. The Labute approximate surface area is 76.6 Å². The molecule has 12 heavy (non-hydrogen) atoms. The van der Waals surface area contributed by atoms with Crippen LogP contribution in [0.4, 0.5) is 0 Å². The molecule has 0 N–H and O–H groups in total. The number of nitrogens with zero attached hydrogens (tertiary/aromatic N) is 1. The van der Waals surface area contributed by atoms with E-state index >= 15 is 0 Å². The Morgan fingerprint density at radius 1 is 1.33 bits per heavy atom. The molecule has 1 nitrogen and oxygen atoms in total. The predicted octanol–water partition coefficient (Wildman–Crippen LogP) is 3.66. The monoisotopic (exact) mass is 167 g/mol. The summed E-state index contributed by atoms with van der Waals surface area (Å²) in [4.78, 5) is 4.47. The first kappa shape index (κ1) is 11.4. The van der Waals surface area contributed by atoms with Gasteiger partial charge in [0.1, 0.15) is 0 Å². The molecule has 70 valence electrons. The first-order valence-electron chi connectivity index (χ1n) is 4.73. The van der Waals surface area contributed by atoms with Crippen molar-refractivity contribution in [3.05, 3.63) is 12.3 Å². The fourth-order valence-corrected chi connectivity index (χ4v) is 1.24. The molecule has 0 spiro atoms. The number of aliphatic imine (C=N–C) groups is 1. The summed E-state index contributed by atoms with van der Waals surface area (Å²) in [5.74, 6) is 1.12. The van der Waals surface area contributed by atoms with Gasteiger partial charge in [0.25, 0.3) is 0 Å². The highest BCUT2D eigenvalue weighted by Gasteiger charge is 2.11. The van der Waals surface area contributed by atoms with Crippen molar-refractivity contribution in [3.63, 3.8) is 0 Å². The fourth-order valence-electron chi connectivity index (χ4n) is 1.24. The van der Waals surface area contributed by atoms with Crippen LogP contribution in [0.1, 0.15) is 41.0 Å². The molecular weight excluding hydrogens is 146 g/mol. The molecule has 1 unspecified atom stereocenters. The Morgan fingerprint density at radius 3 is 2.08 bits per heavy atom. The average molecular weight is 167 g/mol. The summed E-state index contributed by atoms with van der Waals surface area (Å²) in [6, 6.07) is 0. The maximum Gasteiger partial charge on any atom is 0.0300 e. The van der Waals surface area contributed by atoms with Crippen LogP contribution in [0.3, 0.4) is 0 Å². The molecule has 0 bridgehead atoms. The van der Waals surface area contributed by atoms with Crippen LogP contribution in [0.25, 0.3) is 0 Å². The summed E-state index contributed by atoms with van der Waals surface area (Å²) in [6.07, 6.45) is 1.16. The van der Waals surface area contributed by atoms with Gasteiger partial charge in [-0.3, -0.25) is 4.99 Å². The predicted molar refractivity (Wildman–Crippen MR) is 56.5 cm³/mol. The highest BCUT2D eigenvalue weighted by atomic mass is 14.8. The fraction of sp³-hybridized carbons (Fsp3) is 0.727. The molecule has 0 aliphatic rings. The maximum atomic E-state index is 4.47. The molecule has 0 heterocycles. The SMILES string of the molecule is C=C(C)N=C(C(C)C)C(C)CC. The smallest absolute Gasteiger partial charge is 0.0300 e. The van der Waals surface area contributed by atoms with Crippen LogP contribution in [-0.2, 0) is 0 Å². The van der Waals surface area contributed by atoms with Crippen LogP contribution >= 0.6 is 0 Å². The number of hydrogen-bond donors (Lipinski definition) is 0. The van der Waals surface area contributed by atoms with Crippen LogP contribution in [0.5, 0.6) is 0 Å². The van der Waals surface area contributed by atoms with E-state index in [-0.39, 0.29) is 0 Å². The first-order valence-corrected chi connectivity index (χ1v) is 4.73. The van der Waals surface area contributed by atoms with Gasteiger partial charge in [0, 0.05) is 11.4 Å². The molecule has 0 aliphatic carbocycles. The lowest BCUT2D eigenvalue weighted by Crippen LogP contribution is -2.16. The molecular formula is C11H21N. The topological polar surface area (TPSA) is 12.4 Å². The van der Waals surface area contributed by atoms with Gasteiger partial charge in [0.15, 0.2) is 0 Å². The quantitative estimate of drug-likeness (QED) is 0.567. The van der Waals surface area contributed by atoms with Crippen molar-refractivity contribution in [2.75, 3.05) is 0 Å². The van der Waals surface area contributed by atoms with E-state index in [0.717, 1.165) is 12.1 Å². The van der Waals surface area contributed by atoms with E-state index in [4.69, 9.17) is 0 Å². The molecule has 0 saturated carbocycles. The normalized spacial score (nSPS) is 15.0. The summed E-state index contributed by atoms with van der Waals surface area (Å²) in [7, 11) is 0. The Hall–Kier alpha value is -0.590. The van der Waals surface area contributed by atoms with Gasteiger partial charge in [-0.05, 0) is 25.2 Å². The minimum absolute atomic E-state index is 0.539. The lowest BCUT2D eigenvalue weighted by Gasteiger charge is -2.16. The molecule has 1 heteroatoms. The van der Waals surface area contributed by atoms with Gasteiger partial charge in [-0.15, -0.1) is 0 Å². The summed E-state index contributed by atoms with van der Waals surface area (Å²) in [5.41, 5.74) is 2.20. The van der Waals surface area contributed by atoms with Gasteiger partial charge in [-0.25, -0.2) is 0 Å². The lowest BCUT2D eigenvalue weighted by molar-refractivity contribution is 0.683. The Balaban J connectivity index is 4.54. The van der Waals surface area contributed by atoms with E-state index < -0.39 is 0 Å². The Kier molecular flexibility index (Phi) is 4.87. The van der Waals surface area contributed by atoms with Crippen molar-refractivity contribution in [1.82, 2.24) is 0 Å². The summed E-state index contributed by atoms with van der Waals surface area (Å²) in [5, 5.41) is 0. The van der Waals surface area contributed by atoms with E-state index in [1.54, 1.807) is 0 Å². The molecule has 0 radical (unpaired) electrons. The van der Waals surface area contributed by atoms with Crippen LogP contribution < -0.4 is 0 Å². The van der Waals surface area contributed by atoms with Crippen molar-refractivity contribution in [3.8, 4) is 0 Å². The molecule has 0 fully saturated rings. The highest BCUT2D eigenvalue weighted by Crippen LogP contribution is 2.13. The highest BCUT2D eigenvalue weighted by molar-refractivity contribution is 5.88. The van der Waals surface area contributed by atoms with Crippen LogP contribution in [0.2, 0.25) is 0 Å².